The van der Waals surface area contributed by atoms with Crippen molar-refractivity contribution >= 4 is 23.5 Å². The number of carbonyl (C=O) groups is 2. The van der Waals surface area contributed by atoms with Crippen molar-refractivity contribution < 1.29 is 19.4 Å². The van der Waals surface area contributed by atoms with Crippen LogP contribution in [0.15, 0.2) is 48.5 Å². The Bertz CT molecular complexity index is 800. The molecule has 0 spiro atoms. The van der Waals surface area contributed by atoms with Crippen molar-refractivity contribution in [1.29, 1.82) is 0 Å². The Morgan fingerprint density at radius 2 is 1.54 bits per heavy atom. The van der Waals surface area contributed by atoms with Gasteiger partial charge < -0.3 is 14.7 Å². The van der Waals surface area contributed by atoms with Crippen LogP contribution in [0.3, 0.4) is 0 Å². The lowest BCUT2D eigenvalue weighted by Crippen LogP contribution is -2.49. The third-order valence-corrected chi connectivity index (χ3v) is 4.94. The van der Waals surface area contributed by atoms with Gasteiger partial charge in [0, 0.05) is 37.7 Å². The number of carboxylic acids is 1. The van der Waals surface area contributed by atoms with Crippen LogP contribution in [0.4, 0.5) is 0 Å². The average molecular weight is 403 g/mol. The first-order chi connectivity index (χ1) is 13.5. The quantitative estimate of drug-likeness (QED) is 0.771. The Hall–Kier alpha value is -2.57. The normalized spacial score (nSPS) is 14.7. The minimum atomic E-state index is -0.876. The van der Waals surface area contributed by atoms with Crippen LogP contribution in [0.5, 0.6) is 5.75 Å². The molecule has 2 aromatic carbocycles. The SMILES string of the molecule is O=C(O)Cc1ccc(OCC(=O)N2CCN(Cc3ccc(Cl)cc3)CC2)cc1. The van der Waals surface area contributed by atoms with Gasteiger partial charge in [-0.25, -0.2) is 0 Å². The van der Waals surface area contributed by atoms with E-state index < -0.39 is 5.97 Å². The maximum atomic E-state index is 12.4. The summed E-state index contributed by atoms with van der Waals surface area (Å²) in [6.07, 6.45) is -0.0283. The lowest BCUT2D eigenvalue weighted by molar-refractivity contribution is -0.136. The largest absolute Gasteiger partial charge is 0.484 e. The van der Waals surface area contributed by atoms with Crippen LogP contribution in [0, 0.1) is 0 Å². The van der Waals surface area contributed by atoms with Gasteiger partial charge in [-0.3, -0.25) is 14.5 Å². The number of rotatable bonds is 7. The fourth-order valence-electron chi connectivity index (χ4n) is 3.12. The maximum absolute atomic E-state index is 12.4. The first-order valence-corrected chi connectivity index (χ1v) is 9.55. The number of nitrogens with zero attached hydrogens (tertiary/aromatic N) is 2. The lowest BCUT2D eigenvalue weighted by Gasteiger charge is -2.34. The zero-order chi connectivity index (χ0) is 19.9. The van der Waals surface area contributed by atoms with Gasteiger partial charge in [-0.1, -0.05) is 35.9 Å². The Balaban J connectivity index is 1.41. The van der Waals surface area contributed by atoms with Crippen LogP contribution in [-0.4, -0.2) is 59.6 Å². The molecule has 1 heterocycles. The number of aliphatic carboxylic acids is 1. The van der Waals surface area contributed by atoms with Crippen LogP contribution in [0.2, 0.25) is 5.02 Å². The number of carbonyl (C=O) groups excluding carboxylic acids is 1. The Morgan fingerprint density at radius 3 is 2.14 bits per heavy atom. The molecule has 0 saturated carbocycles. The second kappa shape index (κ2) is 9.57. The summed E-state index contributed by atoms with van der Waals surface area (Å²) in [6, 6.07) is 14.6. The van der Waals surface area contributed by atoms with Crippen molar-refractivity contribution in [2.45, 2.75) is 13.0 Å². The summed E-state index contributed by atoms with van der Waals surface area (Å²) in [5.74, 6) is -0.358. The smallest absolute Gasteiger partial charge is 0.307 e. The van der Waals surface area contributed by atoms with Gasteiger partial charge >= 0.3 is 5.97 Å². The minimum Gasteiger partial charge on any atom is -0.484 e. The number of piperazine rings is 1. The highest BCUT2D eigenvalue weighted by Gasteiger charge is 2.21. The molecule has 0 bridgehead atoms. The molecule has 1 fully saturated rings. The van der Waals surface area contributed by atoms with Gasteiger partial charge in [-0.15, -0.1) is 0 Å². The van der Waals surface area contributed by atoms with E-state index in [1.54, 1.807) is 24.3 Å². The number of halogens is 1. The van der Waals surface area contributed by atoms with Crippen molar-refractivity contribution in [1.82, 2.24) is 9.80 Å². The molecule has 3 rings (SSSR count). The van der Waals surface area contributed by atoms with Gasteiger partial charge in [0.15, 0.2) is 6.61 Å². The molecule has 148 valence electrons. The topological polar surface area (TPSA) is 70.1 Å². The van der Waals surface area contributed by atoms with Crippen molar-refractivity contribution in [2.24, 2.45) is 0 Å². The van der Waals surface area contributed by atoms with E-state index in [-0.39, 0.29) is 18.9 Å². The molecule has 1 aliphatic rings. The van der Waals surface area contributed by atoms with E-state index in [1.807, 2.05) is 29.2 Å². The van der Waals surface area contributed by atoms with Crippen molar-refractivity contribution in [3.05, 3.63) is 64.7 Å². The molecule has 1 amide bonds. The van der Waals surface area contributed by atoms with Crippen molar-refractivity contribution in [3.8, 4) is 5.75 Å². The van der Waals surface area contributed by atoms with Gasteiger partial charge in [0.25, 0.3) is 5.91 Å². The van der Waals surface area contributed by atoms with E-state index in [0.717, 1.165) is 24.7 Å². The highest BCUT2D eigenvalue weighted by molar-refractivity contribution is 6.30. The molecular weight excluding hydrogens is 380 g/mol. The first-order valence-electron chi connectivity index (χ1n) is 9.18. The number of benzene rings is 2. The molecule has 0 atom stereocenters. The van der Waals surface area contributed by atoms with Crippen LogP contribution < -0.4 is 4.74 Å². The summed E-state index contributed by atoms with van der Waals surface area (Å²) >= 11 is 5.92. The molecule has 0 unspecified atom stereocenters. The average Bonchev–Trinajstić information content (AvgIpc) is 2.69. The van der Waals surface area contributed by atoms with Crippen LogP contribution in [0.25, 0.3) is 0 Å². The third kappa shape index (κ3) is 5.97. The van der Waals surface area contributed by atoms with E-state index in [1.165, 1.54) is 5.56 Å². The highest BCUT2D eigenvalue weighted by atomic mass is 35.5. The first kappa shape index (κ1) is 20.2. The zero-order valence-electron chi connectivity index (χ0n) is 15.5. The molecule has 0 radical (unpaired) electrons. The monoisotopic (exact) mass is 402 g/mol. The number of amides is 1. The Labute approximate surface area is 169 Å². The van der Waals surface area contributed by atoms with Crippen molar-refractivity contribution in [2.75, 3.05) is 32.8 Å². The van der Waals surface area contributed by atoms with Crippen molar-refractivity contribution in [3.63, 3.8) is 0 Å². The van der Waals surface area contributed by atoms with E-state index in [0.29, 0.717) is 24.4 Å². The van der Waals surface area contributed by atoms with Gasteiger partial charge in [0.05, 0.1) is 6.42 Å². The third-order valence-electron chi connectivity index (χ3n) is 4.69. The predicted octanol–water partition coefficient (Wildman–Crippen LogP) is 2.69. The molecule has 0 aliphatic carbocycles. The molecule has 7 heteroatoms. The van der Waals surface area contributed by atoms with Crippen LogP contribution in [0.1, 0.15) is 11.1 Å². The highest BCUT2D eigenvalue weighted by Crippen LogP contribution is 2.15. The molecule has 2 aromatic rings. The number of hydrogen-bond donors (Lipinski definition) is 1. The molecule has 1 saturated heterocycles. The van der Waals surface area contributed by atoms with E-state index in [9.17, 15) is 9.59 Å². The standard InChI is InChI=1S/C21H23ClN2O4/c22-18-5-1-17(2-6-18)14-23-9-11-24(12-10-23)20(25)15-28-19-7-3-16(4-8-19)13-21(26)27/h1-8H,9-15H2,(H,26,27). The van der Waals surface area contributed by atoms with Crippen LogP contribution in [-0.2, 0) is 22.6 Å². The molecule has 0 aromatic heterocycles. The predicted molar refractivity (Wildman–Crippen MR) is 107 cm³/mol. The molecular formula is C21H23ClN2O4. The van der Waals surface area contributed by atoms with E-state index in [4.69, 9.17) is 21.4 Å². The Kier molecular flexibility index (Phi) is 6.90. The summed E-state index contributed by atoms with van der Waals surface area (Å²) in [7, 11) is 0. The number of carboxylic acid groups (broad SMARTS) is 1. The van der Waals surface area contributed by atoms with Crippen LogP contribution >= 0.6 is 11.6 Å². The molecule has 28 heavy (non-hydrogen) atoms. The molecule has 6 nitrogen and oxygen atoms in total. The summed E-state index contributed by atoms with van der Waals surface area (Å²) in [4.78, 5) is 27.2. The second-order valence-corrected chi connectivity index (χ2v) is 7.22. The summed E-state index contributed by atoms with van der Waals surface area (Å²) < 4.78 is 5.55. The summed E-state index contributed by atoms with van der Waals surface area (Å²) in [5, 5.41) is 9.51. The molecule has 1 aliphatic heterocycles. The molecule has 1 N–H and O–H groups in total. The number of hydrogen-bond acceptors (Lipinski definition) is 4. The zero-order valence-corrected chi connectivity index (χ0v) is 16.3. The second-order valence-electron chi connectivity index (χ2n) is 6.79. The Morgan fingerprint density at radius 1 is 0.929 bits per heavy atom. The van der Waals surface area contributed by atoms with E-state index >= 15 is 0 Å². The minimum absolute atomic E-state index is 0.0184. The maximum Gasteiger partial charge on any atom is 0.307 e. The fourth-order valence-corrected chi connectivity index (χ4v) is 3.24. The van der Waals surface area contributed by atoms with Gasteiger partial charge in [0.2, 0.25) is 0 Å². The van der Waals surface area contributed by atoms with E-state index in [2.05, 4.69) is 4.90 Å². The van der Waals surface area contributed by atoms with Gasteiger partial charge in [0.1, 0.15) is 5.75 Å². The van der Waals surface area contributed by atoms with Gasteiger partial charge in [-0.05, 0) is 35.4 Å². The lowest BCUT2D eigenvalue weighted by atomic mass is 10.1. The summed E-state index contributed by atoms with van der Waals surface area (Å²) in [6.45, 7) is 3.81. The summed E-state index contributed by atoms with van der Waals surface area (Å²) in [5.41, 5.74) is 1.90. The van der Waals surface area contributed by atoms with Gasteiger partial charge in [-0.2, -0.15) is 0 Å². The fraction of sp³-hybridized carbons (Fsp3) is 0.333. The number of ether oxygens (including phenoxy) is 1.